The highest BCUT2D eigenvalue weighted by Gasteiger charge is 2.50. The molecule has 2 aliphatic rings. The van der Waals surface area contributed by atoms with E-state index in [1.807, 2.05) is 12.1 Å². The van der Waals surface area contributed by atoms with Crippen LogP contribution < -0.4 is 0 Å². The van der Waals surface area contributed by atoms with Gasteiger partial charge in [0.25, 0.3) is 0 Å². The van der Waals surface area contributed by atoms with Gasteiger partial charge in [0.05, 0.1) is 10.00 Å². The Hall–Kier alpha value is -2.39. The molecule has 0 spiro atoms. The first-order chi connectivity index (χ1) is 17.6. The molecule has 4 aromatic rings. The van der Waals surface area contributed by atoms with E-state index in [-0.39, 0.29) is 10.00 Å². The molecule has 6 rings (SSSR count). The molecule has 2 atom stereocenters. The third-order valence-corrected chi connectivity index (χ3v) is 10.5. The molecule has 0 radical (unpaired) electrons. The molecule has 0 bridgehead atoms. The third-order valence-electron chi connectivity index (χ3n) is 7.32. The predicted molar refractivity (Wildman–Crippen MR) is 159 cm³/mol. The molecule has 0 aromatic heterocycles. The minimum Gasteiger partial charge on any atom is -0.149 e. The van der Waals surface area contributed by atoms with Crippen LogP contribution in [0, 0.1) is 13.8 Å². The molecule has 180 valence electrons. The van der Waals surface area contributed by atoms with Gasteiger partial charge in [-0.05, 0) is 82.9 Å². The highest BCUT2D eigenvalue weighted by molar-refractivity contribution is 8.02. The van der Waals surface area contributed by atoms with Crippen LogP contribution >= 0.6 is 35.1 Å². The maximum atomic E-state index is 6.35. The fourth-order valence-corrected chi connectivity index (χ4v) is 9.02. The van der Waals surface area contributed by atoms with Crippen LogP contribution in [-0.2, 0) is 4.75 Å². The van der Waals surface area contributed by atoms with E-state index in [1.165, 1.54) is 56.5 Å². The van der Waals surface area contributed by atoms with Crippen LogP contribution in [0.5, 0.6) is 0 Å². The molecule has 4 aromatic carbocycles. The summed E-state index contributed by atoms with van der Waals surface area (Å²) in [6.07, 6.45) is 1.20. The van der Waals surface area contributed by atoms with E-state index in [0.29, 0.717) is 0 Å². The smallest absolute Gasteiger partial charge is 0.0896 e. The summed E-state index contributed by atoms with van der Waals surface area (Å²) < 4.78 is -0.236. The van der Waals surface area contributed by atoms with Gasteiger partial charge in [0.2, 0.25) is 0 Å². The zero-order chi connectivity index (χ0) is 24.7. The number of hydrogen-bond acceptors (Lipinski definition) is 2. The lowest BCUT2D eigenvalue weighted by Gasteiger charge is -2.40. The largest absolute Gasteiger partial charge is 0.149 e. The quantitative estimate of drug-likeness (QED) is 0.261. The van der Waals surface area contributed by atoms with Gasteiger partial charge in [-0.15, -0.1) is 23.5 Å². The van der Waals surface area contributed by atoms with Gasteiger partial charge < -0.3 is 0 Å². The summed E-state index contributed by atoms with van der Waals surface area (Å²) in [6.45, 7) is 4.39. The zero-order valence-corrected chi connectivity index (χ0v) is 23.0. The van der Waals surface area contributed by atoms with Crippen LogP contribution in [0.4, 0.5) is 0 Å². The summed E-state index contributed by atoms with van der Waals surface area (Å²) in [5, 5.41) is 1.02. The standard InChI is InChI=1S/C33H29ClS2/c1-22-9-14-26(15-10-22)33-29-18-11-23(2)21-28(29)30(24-7-4-3-5-8-24)31(33)32(35-19-6-20-36-33)25-12-16-27(34)17-13-25/h3-5,7-18,21,32H,6,19-20H2,1-2H3/t32-,33+/m0/s1. The zero-order valence-electron chi connectivity index (χ0n) is 20.6. The Balaban J connectivity index is 1.74. The summed E-state index contributed by atoms with van der Waals surface area (Å²) in [5.41, 5.74) is 12.3. The maximum absolute atomic E-state index is 6.35. The van der Waals surface area contributed by atoms with Crippen molar-refractivity contribution in [1.82, 2.24) is 0 Å². The molecule has 1 fully saturated rings. The fourth-order valence-electron chi connectivity index (χ4n) is 5.68. The number of halogens is 1. The molecule has 0 saturated carbocycles. The molecule has 1 aliphatic carbocycles. The molecular weight excluding hydrogens is 496 g/mol. The first kappa shape index (κ1) is 24.0. The van der Waals surface area contributed by atoms with Gasteiger partial charge in [-0.1, -0.05) is 108 Å². The number of fused-ring (bicyclic) bond motifs is 3. The SMILES string of the molecule is Cc1ccc([C@]23SCCCS[C@@H](c4ccc(Cl)cc4)C2=C(c2ccccc2)c2cc(C)ccc23)cc1. The molecule has 1 aliphatic heterocycles. The van der Waals surface area contributed by atoms with Crippen molar-refractivity contribution in [2.45, 2.75) is 30.3 Å². The van der Waals surface area contributed by atoms with Crippen LogP contribution in [0.1, 0.15) is 50.6 Å². The highest BCUT2D eigenvalue weighted by atomic mass is 35.5. The lowest BCUT2D eigenvalue weighted by molar-refractivity contribution is 0.833. The Labute approximate surface area is 228 Å². The lowest BCUT2D eigenvalue weighted by Crippen LogP contribution is -2.29. The van der Waals surface area contributed by atoms with E-state index in [2.05, 4.69) is 122 Å². The van der Waals surface area contributed by atoms with Crippen molar-refractivity contribution in [2.24, 2.45) is 0 Å². The molecule has 0 amide bonds. The Morgan fingerprint density at radius 3 is 2.25 bits per heavy atom. The molecule has 0 unspecified atom stereocenters. The normalized spacial score (nSPS) is 21.5. The van der Waals surface area contributed by atoms with Crippen LogP contribution in [0.3, 0.4) is 0 Å². The third kappa shape index (κ3) is 4.04. The second-order valence-electron chi connectivity index (χ2n) is 9.76. The molecule has 0 nitrogen and oxygen atoms in total. The van der Waals surface area contributed by atoms with Crippen molar-refractivity contribution in [1.29, 1.82) is 0 Å². The van der Waals surface area contributed by atoms with E-state index >= 15 is 0 Å². The van der Waals surface area contributed by atoms with Crippen LogP contribution in [0.2, 0.25) is 5.02 Å². The fraction of sp³-hybridized carbons (Fsp3) is 0.212. The van der Waals surface area contributed by atoms with Crippen molar-refractivity contribution in [3.63, 3.8) is 0 Å². The van der Waals surface area contributed by atoms with Crippen LogP contribution in [0.15, 0.2) is 103 Å². The van der Waals surface area contributed by atoms with E-state index < -0.39 is 0 Å². The number of benzene rings is 4. The average Bonchev–Trinajstić information content (AvgIpc) is 3.15. The first-order valence-electron chi connectivity index (χ1n) is 12.6. The molecule has 1 saturated heterocycles. The minimum absolute atomic E-state index is 0.235. The van der Waals surface area contributed by atoms with Gasteiger partial charge in [-0.25, -0.2) is 0 Å². The van der Waals surface area contributed by atoms with Gasteiger partial charge in [0.1, 0.15) is 0 Å². The van der Waals surface area contributed by atoms with E-state index in [9.17, 15) is 0 Å². The lowest BCUT2D eigenvalue weighted by atomic mass is 9.83. The number of hydrogen-bond donors (Lipinski definition) is 0. The molecular formula is C33H29ClS2. The average molecular weight is 525 g/mol. The Kier molecular flexibility index (Phi) is 6.54. The molecule has 36 heavy (non-hydrogen) atoms. The van der Waals surface area contributed by atoms with Crippen molar-refractivity contribution in [3.8, 4) is 0 Å². The van der Waals surface area contributed by atoms with Gasteiger partial charge in [-0.2, -0.15) is 0 Å². The summed E-state index contributed by atoms with van der Waals surface area (Å²) >= 11 is 10.6. The van der Waals surface area contributed by atoms with E-state index in [1.54, 1.807) is 0 Å². The first-order valence-corrected chi connectivity index (χ1v) is 15.0. The molecule has 1 heterocycles. The van der Waals surface area contributed by atoms with Crippen molar-refractivity contribution < 1.29 is 0 Å². The van der Waals surface area contributed by atoms with Crippen molar-refractivity contribution >= 4 is 40.7 Å². The Morgan fingerprint density at radius 2 is 1.50 bits per heavy atom. The second kappa shape index (κ2) is 9.82. The highest BCUT2D eigenvalue weighted by Crippen LogP contribution is 2.64. The van der Waals surface area contributed by atoms with Gasteiger partial charge in [0, 0.05) is 5.02 Å². The monoisotopic (exact) mass is 524 g/mol. The number of thioether (sulfide) groups is 2. The van der Waals surface area contributed by atoms with Gasteiger partial charge >= 0.3 is 0 Å². The summed E-state index contributed by atoms with van der Waals surface area (Å²) in [7, 11) is 0. The Morgan fingerprint density at radius 1 is 0.778 bits per heavy atom. The maximum Gasteiger partial charge on any atom is 0.0896 e. The van der Waals surface area contributed by atoms with Crippen LogP contribution in [0.25, 0.3) is 5.57 Å². The van der Waals surface area contributed by atoms with E-state index in [4.69, 9.17) is 11.6 Å². The summed E-state index contributed by atoms with van der Waals surface area (Å²) in [5.74, 6) is 2.28. The number of aryl methyl sites for hydroxylation is 2. The molecule has 0 N–H and O–H groups in total. The van der Waals surface area contributed by atoms with Crippen LogP contribution in [-0.4, -0.2) is 11.5 Å². The van der Waals surface area contributed by atoms with Crippen molar-refractivity contribution in [3.05, 3.63) is 147 Å². The van der Waals surface area contributed by atoms with Crippen molar-refractivity contribution in [2.75, 3.05) is 11.5 Å². The minimum atomic E-state index is -0.236. The second-order valence-corrected chi connectivity index (χ2v) is 12.7. The number of rotatable bonds is 3. The Bertz CT molecular complexity index is 1420. The van der Waals surface area contributed by atoms with E-state index in [0.717, 1.165) is 16.5 Å². The van der Waals surface area contributed by atoms with Gasteiger partial charge in [0.15, 0.2) is 0 Å². The summed E-state index contributed by atoms with van der Waals surface area (Å²) in [6, 6.07) is 36.0. The molecule has 3 heteroatoms. The topological polar surface area (TPSA) is 0 Å². The predicted octanol–water partition coefficient (Wildman–Crippen LogP) is 9.63. The summed E-state index contributed by atoms with van der Waals surface area (Å²) in [4.78, 5) is 0. The van der Waals surface area contributed by atoms with Gasteiger partial charge in [-0.3, -0.25) is 0 Å².